The summed E-state index contributed by atoms with van der Waals surface area (Å²) < 4.78 is 0. The number of nitrogens with zero attached hydrogens (tertiary/aromatic N) is 2. The number of nitrogens with two attached hydrogens (primary N) is 1. The third-order valence-electron chi connectivity index (χ3n) is 6.92. The normalized spacial score (nSPS) is 20.3. The Hall–Kier alpha value is -3.51. The van der Waals surface area contributed by atoms with Crippen LogP contribution in [0.5, 0.6) is 0 Å². The van der Waals surface area contributed by atoms with Crippen molar-refractivity contribution in [3.63, 3.8) is 0 Å². The van der Waals surface area contributed by atoms with Crippen LogP contribution in [0.2, 0.25) is 0 Å². The predicted molar refractivity (Wildman–Crippen MR) is 128 cm³/mol. The lowest BCUT2D eigenvalue weighted by Gasteiger charge is -2.32. The number of hydrogen-bond acceptors (Lipinski definition) is 4. The molecule has 0 bridgehead atoms. The van der Waals surface area contributed by atoms with E-state index in [0.29, 0.717) is 11.3 Å². The van der Waals surface area contributed by atoms with Gasteiger partial charge in [-0.3, -0.25) is 14.6 Å². The van der Waals surface area contributed by atoms with E-state index in [1.807, 2.05) is 29.2 Å². The molecule has 2 amide bonds. The van der Waals surface area contributed by atoms with Gasteiger partial charge in [0, 0.05) is 30.2 Å². The molecule has 168 valence electrons. The summed E-state index contributed by atoms with van der Waals surface area (Å²) in [7, 11) is 0. The first kappa shape index (κ1) is 21.3. The number of hydrogen-bond donors (Lipinski definition) is 2. The second-order valence-electron chi connectivity index (χ2n) is 8.87. The van der Waals surface area contributed by atoms with Crippen molar-refractivity contribution < 1.29 is 9.59 Å². The van der Waals surface area contributed by atoms with Crippen molar-refractivity contribution in [2.75, 3.05) is 11.9 Å². The molecule has 1 fully saturated rings. The number of aromatic nitrogens is 1. The molecule has 2 aromatic carbocycles. The Morgan fingerprint density at radius 1 is 1.00 bits per heavy atom. The molecule has 3 N–H and O–H groups in total. The number of nitrogens with one attached hydrogen (secondary N) is 1. The average molecular weight is 441 g/mol. The molecule has 3 aromatic rings. The van der Waals surface area contributed by atoms with Gasteiger partial charge < -0.3 is 16.0 Å². The topological polar surface area (TPSA) is 88.3 Å². The summed E-state index contributed by atoms with van der Waals surface area (Å²) in [6.07, 6.45) is 6.96. The average Bonchev–Trinajstić information content (AvgIpc) is 3.52. The minimum Gasteiger partial charge on any atom is -0.337 e. The van der Waals surface area contributed by atoms with Crippen LogP contribution < -0.4 is 11.1 Å². The standard InChI is InChI=1S/C27H28N4O2/c28-25(19-7-9-20(10-8-19)26(32)30-21-13-15-29-16-14-21)24-6-3-17-31(24)27(33)23-12-11-18-4-1-2-5-22(18)23/h1-2,4-5,7-10,13-16,23-25H,3,6,11-12,17,28H2,(H,29,30,32)/t23-,24-,25+/m1/s1. The van der Waals surface area contributed by atoms with E-state index in [0.717, 1.165) is 37.8 Å². The van der Waals surface area contributed by atoms with Crippen molar-refractivity contribution in [1.29, 1.82) is 0 Å². The molecule has 6 nitrogen and oxygen atoms in total. The van der Waals surface area contributed by atoms with Crippen LogP contribution in [0, 0.1) is 0 Å². The number of anilines is 1. The van der Waals surface area contributed by atoms with E-state index in [1.54, 1.807) is 36.7 Å². The lowest BCUT2D eigenvalue weighted by atomic mass is 9.95. The van der Waals surface area contributed by atoms with E-state index < -0.39 is 0 Å². The summed E-state index contributed by atoms with van der Waals surface area (Å²) in [4.78, 5) is 32.0. The number of fused-ring (bicyclic) bond motifs is 1. The SMILES string of the molecule is N[C@@H](c1ccc(C(=O)Nc2ccncc2)cc1)[C@H]1CCCN1C(=O)[C@@H]1CCc2ccccc21. The van der Waals surface area contributed by atoms with Crippen molar-refractivity contribution in [3.8, 4) is 0 Å². The molecule has 6 heteroatoms. The summed E-state index contributed by atoms with van der Waals surface area (Å²) in [6.45, 7) is 0.752. The maximum Gasteiger partial charge on any atom is 0.255 e. The van der Waals surface area contributed by atoms with Crippen molar-refractivity contribution in [2.24, 2.45) is 5.73 Å². The van der Waals surface area contributed by atoms with Crippen LogP contribution in [-0.4, -0.2) is 34.3 Å². The molecule has 33 heavy (non-hydrogen) atoms. The monoisotopic (exact) mass is 440 g/mol. The Labute approximate surface area is 193 Å². The van der Waals surface area contributed by atoms with Gasteiger partial charge in [0.2, 0.25) is 5.91 Å². The Morgan fingerprint density at radius 3 is 2.55 bits per heavy atom. The minimum atomic E-state index is -0.287. The molecule has 1 aromatic heterocycles. The molecule has 1 aliphatic carbocycles. The molecular weight excluding hydrogens is 412 g/mol. The van der Waals surface area contributed by atoms with Crippen molar-refractivity contribution in [1.82, 2.24) is 9.88 Å². The van der Waals surface area contributed by atoms with E-state index in [9.17, 15) is 9.59 Å². The van der Waals surface area contributed by atoms with E-state index >= 15 is 0 Å². The third kappa shape index (κ3) is 4.26. The van der Waals surface area contributed by atoms with Gasteiger partial charge in [-0.15, -0.1) is 0 Å². The van der Waals surface area contributed by atoms with E-state index in [2.05, 4.69) is 22.4 Å². The first-order chi connectivity index (χ1) is 16.1. The molecule has 2 heterocycles. The summed E-state index contributed by atoms with van der Waals surface area (Å²) in [6, 6.07) is 18.8. The zero-order chi connectivity index (χ0) is 22.8. The summed E-state index contributed by atoms with van der Waals surface area (Å²) >= 11 is 0. The number of likely N-dealkylation sites (tertiary alicyclic amines) is 1. The third-order valence-corrected chi connectivity index (χ3v) is 6.92. The lowest BCUT2D eigenvalue weighted by molar-refractivity contribution is -0.134. The second-order valence-corrected chi connectivity index (χ2v) is 8.87. The first-order valence-corrected chi connectivity index (χ1v) is 11.6. The Balaban J connectivity index is 1.28. The van der Waals surface area contributed by atoms with Crippen LogP contribution in [0.25, 0.3) is 0 Å². The smallest absolute Gasteiger partial charge is 0.255 e. The zero-order valence-electron chi connectivity index (χ0n) is 18.5. The Bertz CT molecular complexity index is 1150. The van der Waals surface area contributed by atoms with E-state index in [-0.39, 0.29) is 29.8 Å². The van der Waals surface area contributed by atoms with Gasteiger partial charge in [0.25, 0.3) is 5.91 Å². The first-order valence-electron chi connectivity index (χ1n) is 11.6. The number of aryl methyl sites for hydroxylation is 1. The van der Waals surface area contributed by atoms with Gasteiger partial charge in [0.15, 0.2) is 0 Å². The number of carbonyl (C=O) groups is 2. The Morgan fingerprint density at radius 2 is 1.76 bits per heavy atom. The molecule has 2 aliphatic rings. The molecular formula is C27H28N4O2. The number of rotatable bonds is 5. The van der Waals surface area contributed by atoms with Gasteiger partial charge in [0.1, 0.15) is 0 Å². The largest absolute Gasteiger partial charge is 0.337 e. The fraction of sp³-hybridized carbons (Fsp3) is 0.296. The second kappa shape index (κ2) is 9.16. The molecule has 0 radical (unpaired) electrons. The van der Waals surface area contributed by atoms with Gasteiger partial charge in [-0.25, -0.2) is 0 Å². The highest BCUT2D eigenvalue weighted by Crippen LogP contribution is 2.37. The van der Waals surface area contributed by atoms with Crippen LogP contribution in [0.3, 0.4) is 0 Å². The highest BCUT2D eigenvalue weighted by molar-refractivity contribution is 6.04. The van der Waals surface area contributed by atoms with Crippen LogP contribution in [0.4, 0.5) is 5.69 Å². The molecule has 0 spiro atoms. The van der Waals surface area contributed by atoms with Gasteiger partial charge in [0.05, 0.1) is 18.0 Å². The van der Waals surface area contributed by atoms with E-state index in [4.69, 9.17) is 5.73 Å². The predicted octanol–water partition coefficient (Wildman–Crippen LogP) is 4.05. The van der Waals surface area contributed by atoms with E-state index in [1.165, 1.54) is 11.1 Å². The lowest BCUT2D eigenvalue weighted by Crippen LogP contribution is -2.43. The van der Waals surface area contributed by atoms with Crippen molar-refractivity contribution >= 4 is 17.5 Å². The van der Waals surface area contributed by atoms with Gasteiger partial charge in [-0.2, -0.15) is 0 Å². The van der Waals surface area contributed by atoms with Gasteiger partial charge in [-0.05, 0) is 66.6 Å². The highest BCUT2D eigenvalue weighted by atomic mass is 16.2. The fourth-order valence-corrected chi connectivity index (χ4v) is 5.17. The number of benzene rings is 2. The number of amides is 2. The van der Waals surface area contributed by atoms with Gasteiger partial charge in [-0.1, -0.05) is 36.4 Å². The van der Waals surface area contributed by atoms with Crippen LogP contribution in [-0.2, 0) is 11.2 Å². The summed E-state index contributed by atoms with van der Waals surface area (Å²) in [5.74, 6) is -0.0431. The summed E-state index contributed by atoms with van der Waals surface area (Å²) in [5, 5.41) is 2.86. The quantitative estimate of drug-likeness (QED) is 0.626. The van der Waals surface area contributed by atoms with Crippen molar-refractivity contribution in [2.45, 2.75) is 43.7 Å². The molecule has 3 atom stereocenters. The maximum atomic E-state index is 13.5. The number of pyridine rings is 1. The van der Waals surface area contributed by atoms with Crippen LogP contribution in [0.1, 0.15) is 58.3 Å². The maximum absolute atomic E-state index is 13.5. The zero-order valence-corrected chi connectivity index (χ0v) is 18.5. The molecule has 0 saturated carbocycles. The molecule has 1 saturated heterocycles. The highest BCUT2D eigenvalue weighted by Gasteiger charge is 2.39. The number of carbonyl (C=O) groups excluding carboxylic acids is 2. The fourth-order valence-electron chi connectivity index (χ4n) is 5.17. The van der Waals surface area contributed by atoms with Crippen molar-refractivity contribution in [3.05, 3.63) is 95.3 Å². The van der Waals surface area contributed by atoms with Gasteiger partial charge >= 0.3 is 0 Å². The molecule has 0 unspecified atom stereocenters. The molecule has 5 rings (SSSR count). The summed E-state index contributed by atoms with van der Waals surface area (Å²) in [5.41, 5.74) is 11.3. The van der Waals surface area contributed by atoms with Crippen LogP contribution >= 0.6 is 0 Å². The Kier molecular flexibility index (Phi) is 5.92. The molecule has 1 aliphatic heterocycles. The van der Waals surface area contributed by atoms with Crippen LogP contribution in [0.15, 0.2) is 73.1 Å². The minimum absolute atomic E-state index is 0.0262.